The zero-order valence-electron chi connectivity index (χ0n) is 11.5. The van der Waals surface area contributed by atoms with Crippen molar-refractivity contribution in [1.82, 2.24) is 4.98 Å². The molecule has 0 aliphatic carbocycles. The van der Waals surface area contributed by atoms with Crippen molar-refractivity contribution in [1.29, 1.82) is 0 Å². The number of benzene rings is 2. The van der Waals surface area contributed by atoms with Gasteiger partial charge in [-0.2, -0.15) is 0 Å². The van der Waals surface area contributed by atoms with Gasteiger partial charge < -0.3 is 10.3 Å². The third-order valence-electron chi connectivity index (χ3n) is 3.46. The van der Waals surface area contributed by atoms with Crippen molar-refractivity contribution < 1.29 is 4.79 Å². The molecule has 0 fully saturated rings. The highest BCUT2D eigenvalue weighted by Gasteiger charge is 2.12. The molecule has 3 nitrogen and oxygen atoms in total. The van der Waals surface area contributed by atoms with Crippen molar-refractivity contribution in [3.8, 4) is 0 Å². The number of carbonyl (C=O) groups excluding carboxylic acids is 1. The number of carbonyl (C=O) groups is 1. The molecule has 1 aromatic heterocycles. The lowest BCUT2D eigenvalue weighted by molar-refractivity contribution is 0.102. The molecule has 0 aliphatic heterocycles. The molecule has 0 spiro atoms. The summed E-state index contributed by atoms with van der Waals surface area (Å²) >= 11 is 0. The number of fused-ring (bicyclic) bond motifs is 1. The maximum atomic E-state index is 12.4. The highest BCUT2D eigenvalue weighted by Crippen LogP contribution is 2.21. The summed E-state index contributed by atoms with van der Waals surface area (Å²) in [5.74, 6) is -0.0885. The van der Waals surface area contributed by atoms with Crippen LogP contribution >= 0.6 is 0 Å². The number of aromatic nitrogens is 1. The Bertz CT molecular complexity index is 787. The van der Waals surface area contributed by atoms with Gasteiger partial charge in [0.1, 0.15) is 0 Å². The minimum Gasteiger partial charge on any atom is -0.360 e. The Morgan fingerprint density at radius 2 is 1.90 bits per heavy atom. The molecule has 0 aliphatic rings. The second kappa shape index (κ2) is 4.85. The maximum Gasteiger partial charge on any atom is 0.257 e. The van der Waals surface area contributed by atoms with E-state index in [0.29, 0.717) is 5.56 Å². The highest BCUT2D eigenvalue weighted by molar-refractivity contribution is 6.12. The standard InChI is InChI=1S/C17H16N2O/c1-11-7-8-15(12(2)9-11)19-17(20)14-10-18-16-6-4-3-5-13(14)16/h3-10,18H,1-2H3,(H,19,20). The molecule has 3 aromatic rings. The first-order valence-electron chi connectivity index (χ1n) is 6.60. The van der Waals surface area contributed by atoms with Gasteiger partial charge in [0.25, 0.3) is 5.91 Å². The van der Waals surface area contributed by atoms with Crippen molar-refractivity contribution >= 4 is 22.5 Å². The van der Waals surface area contributed by atoms with E-state index < -0.39 is 0 Å². The number of aryl methyl sites for hydroxylation is 2. The number of H-pyrrole nitrogens is 1. The number of rotatable bonds is 2. The van der Waals surface area contributed by atoms with Crippen LogP contribution in [-0.2, 0) is 0 Å². The summed E-state index contributed by atoms with van der Waals surface area (Å²) in [4.78, 5) is 15.5. The molecule has 0 radical (unpaired) electrons. The molecule has 2 aromatic carbocycles. The van der Waals surface area contributed by atoms with Gasteiger partial charge in [-0.25, -0.2) is 0 Å². The summed E-state index contributed by atoms with van der Waals surface area (Å²) in [5, 5.41) is 3.91. The average molecular weight is 264 g/mol. The fraction of sp³-hybridized carbons (Fsp3) is 0.118. The average Bonchev–Trinajstić information content (AvgIpc) is 2.86. The molecule has 0 atom stereocenters. The van der Waals surface area contributed by atoms with Crippen LogP contribution in [-0.4, -0.2) is 10.9 Å². The van der Waals surface area contributed by atoms with Crippen molar-refractivity contribution in [2.45, 2.75) is 13.8 Å². The molecule has 2 N–H and O–H groups in total. The zero-order chi connectivity index (χ0) is 14.1. The van der Waals surface area contributed by atoms with Crippen molar-refractivity contribution in [2.75, 3.05) is 5.32 Å². The van der Waals surface area contributed by atoms with Crippen LogP contribution in [0.4, 0.5) is 5.69 Å². The Kier molecular flexibility index (Phi) is 3.03. The van der Waals surface area contributed by atoms with E-state index >= 15 is 0 Å². The van der Waals surface area contributed by atoms with Crippen LogP contribution in [0.3, 0.4) is 0 Å². The van der Waals surface area contributed by atoms with Crippen LogP contribution in [0.1, 0.15) is 21.5 Å². The third-order valence-corrected chi connectivity index (χ3v) is 3.46. The Morgan fingerprint density at radius 1 is 1.10 bits per heavy atom. The number of hydrogen-bond acceptors (Lipinski definition) is 1. The molecule has 1 heterocycles. The topological polar surface area (TPSA) is 44.9 Å². The van der Waals surface area contributed by atoms with Crippen LogP contribution < -0.4 is 5.32 Å². The van der Waals surface area contributed by atoms with Gasteiger partial charge in [0.15, 0.2) is 0 Å². The summed E-state index contributed by atoms with van der Waals surface area (Å²) in [7, 11) is 0. The Morgan fingerprint density at radius 3 is 2.70 bits per heavy atom. The number of nitrogens with one attached hydrogen (secondary N) is 2. The zero-order valence-corrected chi connectivity index (χ0v) is 11.5. The Hall–Kier alpha value is -2.55. The molecule has 1 amide bonds. The van der Waals surface area contributed by atoms with E-state index in [-0.39, 0.29) is 5.91 Å². The minimum atomic E-state index is -0.0885. The van der Waals surface area contributed by atoms with Gasteiger partial charge in [0, 0.05) is 22.8 Å². The summed E-state index contributed by atoms with van der Waals surface area (Å²) in [6, 6.07) is 13.8. The summed E-state index contributed by atoms with van der Waals surface area (Å²) < 4.78 is 0. The first-order valence-corrected chi connectivity index (χ1v) is 6.60. The quantitative estimate of drug-likeness (QED) is 0.721. The van der Waals surface area contributed by atoms with Crippen molar-refractivity contribution in [3.05, 3.63) is 65.4 Å². The van der Waals surface area contributed by atoms with Crippen molar-refractivity contribution in [2.24, 2.45) is 0 Å². The van der Waals surface area contributed by atoms with Crippen LogP contribution in [0.25, 0.3) is 10.9 Å². The maximum absolute atomic E-state index is 12.4. The normalized spacial score (nSPS) is 10.7. The second-order valence-corrected chi connectivity index (χ2v) is 5.02. The molecule has 20 heavy (non-hydrogen) atoms. The molecule has 0 saturated carbocycles. The van der Waals surface area contributed by atoms with Crippen LogP contribution in [0, 0.1) is 13.8 Å². The smallest absolute Gasteiger partial charge is 0.257 e. The molecule has 3 rings (SSSR count). The van der Waals surface area contributed by atoms with E-state index in [9.17, 15) is 4.79 Å². The predicted octanol–water partition coefficient (Wildman–Crippen LogP) is 4.04. The fourth-order valence-electron chi connectivity index (χ4n) is 2.40. The molecule has 3 heteroatoms. The lowest BCUT2D eigenvalue weighted by Crippen LogP contribution is -2.12. The summed E-state index contributed by atoms with van der Waals surface area (Å²) in [5.41, 5.74) is 4.75. The van der Waals surface area contributed by atoms with Gasteiger partial charge in [-0.3, -0.25) is 4.79 Å². The molecular formula is C17H16N2O. The first-order chi connectivity index (χ1) is 9.65. The number of amides is 1. The molecular weight excluding hydrogens is 248 g/mol. The summed E-state index contributed by atoms with van der Waals surface area (Å²) in [6.45, 7) is 4.04. The van der Waals surface area contributed by atoms with E-state index in [1.165, 1.54) is 5.56 Å². The van der Waals surface area contributed by atoms with E-state index in [1.54, 1.807) is 6.20 Å². The fourth-order valence-corrected chi connectivity index (χ4v) is 2.40. The van der Waals surface area contributed by atoms with Gasteiger partial charge >= 0.3 is 0 Å². The van der Waals surface area contributed by atoms with Gasteiger partial charge in [-0.05, 0) is 31.5 Å². The van der Waals surface area contributed by atoms with Gasteiger partial charge in [-0.1, -0.05) is 35.9 Å². The molecule has 0 bridgehead atoms. The van der Waals surface area contributed by atoms with Gasteiger partial charge in [0.05, 0.1) is 5.56 Å². The Balaban J connectivity index is 1.93. The van der Waals surface area contributed by atoms with Crippen LogP contribution in [0.2, 0.25) is 0 Å². The monoisotopic (exact) mass is 264 g/mol. The number of anilines is 1. The van der Waals surface area contributed by atoms with E-state index in [1.807, 2.05) is 50.2 Å². The van der Waals surface area contributed by atoms with Gasteiger partial charge in [-0.15, -0.1) is 0 Å². The lowest BCUT2D eigenvalue weighted by atomic mass is 10.1. The van der Waals surface area contributed by atoms with Crippen LogP contribution in [0.15, 0.2) is 48.7 Å². The number of para-hydroxylation sites is 1. The van der Waals surface area contributed by atoms with E-state index in [2.05, 4.69) is 16.4 Å². The third kappa shape index (κ3) is 2.18. The lowest BCUT2D eigenvalue weighted by Gasteiger charge is -2.08. The molecule has 0 unspecified atom stereocenters. The number of hydrogen-bond donors (Lipinski definition) is 2. The van der Waals surface area contributed by atoms with Gasteiger partial charge in [0.2, 0.25) is 0 Å². The number of aromatic amines is 1. The molecule has 100 valence electrons. The van der Waals surface area contributed by atoms with E-state index in [4.69, 9.17) is 0 Å². The highest BCUT2D eigenvalue weighted by atomic mass is 16.1. The van der Waals surface area contributed by atoms with Crippen molar-refractivity contribution in [3.63, 3.8) is 0 Å². The predicted molar refractivity (Wildman–Crippen MR) is 82.2 cm³/mol. The Labute approximate surface area is 117 Å². The summed E-state index contributed by atoms with van der Waals surface area (Å²) in [6.07, 6.45) is 1.75. The van der Waals surface area contributed by atoms with Crippen LogP contribution in [0.5, 0.6) is 0 Å². The largest absolute Gasteiger partial charge is 0.360 e. The second-order valence-electron chi connectivity index (χ2n) is 5.02. The minimum absolute atomic E-state index is 0.0885. The first kappa shape index (κ1) is 12.5. The molecule has 0 saturated heterocycles. The SMILES string of the molecule is Cc1ccc(NC(=O)c2c[nH]c3ccccc23)c(C)c1. The van der Waals surface area contributed by atoms with E-state index in [0.717, 1.165) is 22.2 Å².